The lowest BCUT2D eigenvalue weighted by Crippen LogP contribution is -2.64. The van der Waals surface area contributed by atoms with Gasteiger partial charge in [-0.3, -0.25) is 0 Å². The van der Waals surface area contributed by atoms with Gasteiger partial charge in [-0.15, -0.1) is 0 Å². The van der Waals surface area contributed by atoms with Crippen LogP contribution in [0.2, 0.25) is 71.5 Å². The summed E-state index contributed by atoms with van der Waals surface area (Å²) in [6.07, 6.45) is 2.93. The molecule has 0 aliphatic heterocycles. The van der Waals surface area contributed by atoms with Crippen LogP contribution in [0.3, 0.4) is 0 Å². The molecular weight excluding hydrogens is 561 g/mol. The van der Waals surface area contributed by atoms with Crippen molar-refractivity contribution >= 4 is 42.3 Å². The van der Waals surface area contributed by atoms with Gasteiger partial charge in [-0.25, -0.2) is 0 Å². The Morgan fingerprint density at radius 3 is 1.39 bits per heavy atom. The summed E-state index contributed by atoms with van der Waals surface area (Å²) in [5.41, 5.74) is -0.0661. The molecular formula is C27H78O6Si5. The molecule has 0 saturated heterocycles. The Hall–Kier alpha value is 0.844. The number of hydrogen-bond donors (Lipinski definition) is 0. The van der Waals surface area contributed by atoms with Gasteiger partial charge in [0.25, 0.3) is 0 Å². The quantitative estimate of drug-likeness (QED) is 0.110. The molecule has 0 saturated carbocycles. The molecule has 0 bridgehead atoms. The van der Waals surface area contributed by atoms with Crippen molar-refractivity contribution in [3.63, 3.8) is 0 Å². The van der Waals surface area contributed by atoms with E-state index in [0.29, 0.717) is 6.61 Å². The molecule has 0 amide bonds. The van der Waals surface area contributed by atoms with Crippen LogP contribution in [0.1, 0.15) is 84.6 Å². The smallest absolute Gasteiger partial charge is 0.345 e. The average molecular weight is 639 g/mol. The van der Waals surface area contributed by atoms with Crippen molar-refractivity contribution in [2.75, 3.05) is 19.8 Å². The van der Waals surface area contributed by atoms with Gasteiger partial charge < -0.3 is 25.9 Å². The van der Waals surface area contributed by atoms with Crippen LogP contribution in [0.5, 0.6) is 0 Å². The summed E-state index contributed by atoms with van der Waals surface area (Å²) >= 11 is 0. The second-order valence-electron chi connectivity index (χ2n) is 11.4. The van der Waals surface area contributed by atoms with Crippen molar-refractivity contribution < 1.29 is 25.9 Å². The van der Waals surface area contributed by atoms with Crippen LogP contribution in [0.4, 0.5) is 0 Å². The lowest BCUT2D eigenvalue weighted by molar-refractivity contribution is 0.0839. The summed E-state index contributed by atoms with van der Waals surface area (Å²) in [6.45, 7) is 30.6. The standard InChI is InChI=1S/C21H54O6Si5.6CH4/c1-14-17-22-19-16-20-31(12,26-30(10,11)24-28(4,5)6)27-32(13,25-29(7,8)9)21(3)23-18-15-2;;;;;;/h21H,14-20H2,1-13H3;6*1H4. The molecule has 0 aromatic carbocycles. The van der Waals surface area contributed by atoms with E-state index in [1.165, 1.54) is 0 Å². The van der Waals surface area contributed by atoms with E-state index in [4.69, 9.17) is 25.9 Å². The van der Waals surface area contributed by atoms with Gasteiger partial charge in [0.15, 0.2) is 16.6 Å². The fourth-order valence-corrected chi connectivity index (χ4v) is 27.1. The van der Waals surface area contributed by atoms with E-state index in [2.05, 4.69) is 86.2 Å². The van der Waals surface area contributed by atoms with Crippen molar-refractivity contribution in [2.45, 2.75) is 162 Å². The third-order valence-corrected chi connectivity index (χ3v) is 23.0. The molecule has 0 spiro atoms. The third kappa shape index (κ3) is 25.8. The molecule has 3 unspecified atom stereocenters. The van der Waals surface area contributed by atoms with Gasteiger partial charge in [0.1, 0.15) is 0 Å². The third-order valence-electron chi connectivity index (χ3n) is 4.52. The van der Waals surface area contributed by atoms with Crippen LogP contribution >= 0.6 is 0 Å². The van der Waals surface area contributed by atoms with Crippen molar-refractivity contribution in [1.29, 1.82) is 0 Å². The van der Waals surface area contributed by atoms with E-state index in [-0.39, 0.29) is 50.3 Å². The summed E-state index contributed by atoms with van der Waals surface area (Å²) < 4.78 is 39.2. The highest BCUT2D eigenvalue weighted by atomic mass is 28.5. The lowest BCUT2D eigenvalue weighted by Gasteiger charge is -2.45. The molecule has 0 heterocycles. The monoisotopic (exact) mass is 638 g/mol. The molecule has 6 nitrogen and oxygen atoms in total. The lowest BCUT2D eigenvalue weighted by atomic mass is 10.5. The van der Waals surface area contributed by atoms with E-state index >= 15 is 0 Å². The minimum atomic E-state index is -2.68. The van der Waals surface area contributed by atoms with E-state index < -0.39 is 42.3 Å². The van der Waals surface area contributed by atoms with Gasteiger partial charge in [0.2, 0.25) is 0 Å². The molecule has 0 radical (unpaired) electrons. The van der Waals surface area contributed by atoms with E-state index in [9.17, 15) is 0 Å². The summed E-state index contributed by atoms with van der Waals surface area (Å²) in [6, 6.07) is 0.861. The molecule has 242 valence electrons. The fourth-order valence-electron chi connectivity index (χ4n) is 3.81. The Morgan fingerprint density at radius 2 is 1.00 bits per heavy atom. The summed E-state index contributed by atoms with van der Waals surface area (Å²) in [4.78, 5) is 0. The largest absolute Gasteiger partial charge is 0.437 e. The topological polar surface area (TPSA) is 55.4 Å². The average Bonchev–Trinajstić information content (AvgIpc) is 2.54. The van der Waals surface area contributed by atoms with E-state index in [0.717, 1.165) is 38.5 Å². The molecule has 3 atom stereocenters. The Kier molecular flexibility index (Phi) is 33.8. The Morgan fingerprint density at radius 1 is 0.553 bits per heavy atom. The number of rotatable bonds is 18. The first-order valence-corrected chi connectivity index (χ1v) is 26.9. The zero-order chi connectivity index (χ0) is 25.3. The van der Waals surface area contributed by atoms with E-state index in [1.54, 1.807) is 0 Å². The predicted molar refractivity (Wildman–Crippen MR) is 188 cm³/mol. The second-order valence-corrected chi connectivity index (χ2v) is 31.5. The minimum absolute atomic E-state index is 0. The zero-order valence-corrected chi connectivity index (χ0v) is 28.5. The molecule has 0 aliphatic carbocycles. The van der Waals surface area contributed by atoms with Gasteiger partial charge in [-0.1, -0.05) is 58.4 Å². The molecule has 0 aromatic heterocycles. The maximum Gasteiger partial charge on any atom is 0.345 e. The first-order valence-electron chi connectivity index (χ1n) is 12.4. The van der Waals surface area contributed by atoms with Crippen LogP contribution in [0.15, 0.2) is 0 Å². The van der Waals surface area contributed by atoms with Crippen molar-refractivity contribution in [3.8, 4) is 0 Å². The normalized spacial score (nSPS) is 15.4. The van der Waals surface area contributed by atoms with Crippen molar-refractivity contribution in [3.05, 3.63) is 0 Å². The van der Waals surface area contributed by atoms with Gasteiger partial charge >= 0.3 is 25.7 Å². The Bertz CT molecular complexity index is 529. The van der Waals surface area contributed by atoms with Crippen LogP contribution in [0, 0.1) is 0 Å². The maximum atomic E-state index is 7.08. The molecule has 0 aromatic rings. The molecule has 0 aliphatic rings. The molecule has 0 fully saturated rings. The minimum Gasteiger partial charge on any atom is -0.437 e. The first kappa shape index (κ1) is 54.9. The van der Waals surface area contributed by atoms with Crippen molar-refractivity contribution in [2.24, 2.45) is 0 Å². The molecule has 0 N–H and O–H groups in total. The SMILES string of the molecule is C.C.C.C.C.C.CCCOCCC[Si](C)(O[Si](C)(C)O[Si](C)(C)C)O[Si](C)(O[Si](C)(C)C)C(C)OCCC. The van der Waals surface area contributed by atoms with Gasteiger partial charge in [-0.05, 0) is 97.7 Å². The van der Waals surface area contributed by atoms with Gasteiger partial charge in [-0.2, -0.15) is 0 Å². The van der Waals surface area contributed by atoms with Crippen LogP contribution in [0.25, 0.3) is 0 Å². The van der Waals surface area contributed by atoms with E-state index in [1.807, 2.05) is 0 Å². The Labute approximate surface area is 249 Å². The maximum absolute atomic E-state index is 7.08. The van der Waals surface area contributed by atoms with Crippen LogP contribution in [-0.4, -0.2) is 67.9 Å². The fraction of sp³-hybridized carbons (Fsp3) is 1.00. The van der Waals surface area contributed by atoms with Crippen LogP contribution < -0.4 is 0 Å². The first-order chi connectivity index (χ1) is 14.4. The van der Waals surface area contributed by atoms with Crippen molar-refractivity contribution in [1.82, 2.24) is 0 Å². The zero-order valence-electron chi connectivity index (χ0n) is 23.5. The van der Waals surface area contributed by atoms with Gasteiger partial charge in [0, 0.05) is 19.8 Å². The second kappa shape index (κ2) is 23.4. The molecule has 38 heavy (non-hydrogen) atoms. The molecule has 0 rings (SSSR count). The number of hydrogen-bond acceptors (Lipinski definition) is 6. The Balaban J connectivity index is -0.000000320. The highest BCUT2D eigenvalue weighted by Gasteiger charge is 2.51. The molecule has 11 heteroatoms. The summed E-state index contributed by atoms with van der Waals surface area (Å²) in [5, 5.41) is 0. The van der Waals surface area contributed by atoms with Gasteiger partial charge in [0.05, 0.1) is 5.73 Å². The predicted octanol–water partition coefficient (Wildman–Crippen LogP) is 10.6. The highest BCUT2D eigenvalue weighted by molar-refractivity contribution is 6.91. The highest BCUT2D eigenvalue weighted by Crippen LogP contribution is 2.31. The van der Waals surface area contributed by atoms with Crippen LogP contribution in [-0.2, 0) is 25.9 Å². The number of ether oxygens (including phenoxy) is 2. The summed E-state index contributed by atoms with van der Waals surface area (Å²) in [7, 11) is -11.3. The summed E-state index contributed by atoms with van der Waals surface area (Å²) in [5.74, 6) is 0.